The van der Waals surface area contributed by atoms with E-state index in [1.165, 1.54) is 31.8 Å². The number of hydrogen-bond donors (Lipinski definition) is 0. The molecule has 0 radical (unpaired) electrons. The maximum Gasteiger partial charge on any atom is 0.330 e. The van der Waals surface area contributed by atoms with Crippen molar-refractivity contribution < 1.29 is 14.3 Å². The molecule has 3 heteroatoms. The van der Waals surface area contributed by atoms with Crippen LogP contribution < -0.4 is 0 Å². The van der Waals surface area contributed by atoms with E-state index in [1.807, 2.05) is 6.08 Å². The van der Waals surface area contributed by atoms with Crippen LogP contribution in [0.25, 0.3) is 0 Å². The molecule has 1 heterocycles. The molecule has 1 aliphatic rings. The molecule has 0 aromatic carbocycles. The van der Waals surface area contributed by atoms with Crippen LogP contribution in [0.3, 0.4) is 0 Å². The summed E-state index contributed by atoms with van der Waals surface area (Å²) >= 11 is 0. The van der Waals surface area contributed by atoms with Crippen molar-refractivity contribution in [2.45, 2.75) is 51.6 Å². The Morgan fingerprint density at radius 3 is 2.81 bits per heavy atom. The number of unbranched alkanes of at least 4 members (excludes halogenated alkanes) is 5. The molecule has 0 saturated carbocycles. The fraction of sp³-hybridized carbons (Fsp3) is 0.769. The van der Waals surface area contributed by atoms with Gasteiger partial charge in [-0.1, -0.05) is 38.7 Å². The van der Waals surface area contributed by atoms with Gasteiger partial charge in [0.25, 0.3) is 0 Å². The van der Waals surface area contributed by atoms with Gasteiger partial charge in [0.15, 0.2) is 0 Å². The Balaban J connectivity index is 1.87. The fourth-order valence-electron chi connectivity index (χ4n) is 1.43. The largest absolute Gasteiger partial charge is 0.460 e. The van der Waals surface area contributed by atoms with Crippen LogP contribution in [-0.4, -0.2) is 25.3 Å². The minimum atomic E-state index is -0.246. The van der Waals surface area contributed by atoms with Gasteiger partial charge in [-0.25, -0.2) is 4.79 Å². The van der Waals surface area contributed by atoms with E-state index in [2.05, 4.69) is 6.92 Å². The molecule has 0 bridgehead atoms. The maximum atomic E-state index is 11.1. The van der Waals surface area contributed by atoms with Crippen LogP contribution in [-0.2, 0) is 14.3 Å². The van der Waals surface area contributed by atoms with Gasteiger partial charge in [0.05, 0.1) is 6.61 Å². The SMILES string of the molecule is CCCCCCCC=CC(=O)OCC1CO1. The van der Waals surface area contributed by atoms with E-state index in [4.69, 9.17) is 9.47 Å². The summed E-state index contributed by atoms with van der Waals surface area (Å²) in [6.45, 7) is 3.34. The van der Waals surface area contributed by atoms with Gasteiger partial charge in [0.2, 0.25) is 0 Å². The first-order valence-electron chi connectivity index (χ1n) is 6.28. The van der Waals surface area contributed by atoms with Crippen molar-refractivity contribution >= 4 is 5.97 Å². The Kier molecular flexibility index (Phi) is 6.90. The molecular weight excluding hydrogens is 204 g/mol. The molecule has 0 amide bonds. The van der Waals surface area contributed by atoms with Gasteiger partial charge in [0.1, 0.15) is 12.7 Å². The van der Waals surface area contributed by atoms with E-state index in [0.717, 1.165) is 19.4 Å². The molecule has 3 nitrogen and oxygen atoms in total. The zero-order valence-electron chi connectivity index (χ0n) is 10.1. The summed E-state index contributed by atoms with van der Waals surface area (Å²) in [6, 6.07) is 0. The summed E-state index contributed by atoms with van der Waals surface area (Å²) in [6.07, 6.45) is 10.9. The molecule has 0 N–H and O–H groups in total. The molecular formula is C13H22O3. The first kappa shape index (κ1) is 13.2. The summed E-state index contributed by atoms with van der Waals surface area (Å²) < 4.78 is 9.90. The number of rotatable bonds is 9. The molecule has 1 atom stereocenters. The minimum Gasteiger partial charge on any atom is -0.460 e. The van der Waals surface area contributed by atoms with Gasteiger partial charge in [-0.2, -0.15) is 0 Å². The average molecular weight is 226 g/mol. The zero-order chi connectivity index (χ0) is 11.6. The molecule has 0 aromatic heterocycles. The summed E-state index contributed by atoms with van der Waals surface area (Å²) in [5.74, 6) is -0.246. The average Bonchev–Trinajstić information content (AvgIpc) is 3.09. The lowest BCUT2D eigenvalue weighted by Gasteiger charge is -1.98. The Bertz CT molecular complexity index is 219. The molecule has 1 fully saturated rings. The lowest BCUT2D eigenvalue weighted by atomic mass is 10.1. The molecule has 0 aliphatic carbocycles. The second-order valence-electron chi connectivity index (χ2n) is 4.19. The zero-order valence-corrected chi connectivity index (χ0v) is 10.1. The van der Waals surface area contributed by atoms with Gasteiger partial charge in [-0.15, -0.1) is 0 Å². The van der Waals surface area contributed by atoms with Crippen molar-refractivity contribution in [3.05, 3.63) is 12.2 Å². The predicted octanol–water partition coefficient (Wildman–Crippen LogP) is 2.85. The maximum absolute atomic E-state index is 11.1. The summed E-state index contributed by atoms with van der Waals surface area (Å²) in [5.41, 5.74) is 0. The van der Waals surface area contributed by atoms with Crippen LogP contribution in [0.2, 0.25) is 0 Å². The van der Waals surface area contributed by atoms with E-state index >= 15 is 0 Å². The van der Waals surface area contributed by atoms with E-state index in [1.54, 1.807) is 0 Å². The van der Waals surface area contributed by atoms with Crippen molar-refractivity contribution in [3.63, 3.8) is 0 Å². The topological polar surface area (TPSA) is 38.8 Å². The van der Waals surface area contributed by atoms with E-state index in [9.17, 15) is 4.79 Å². The van der Waals surface area contributed by atoms with Gasteiger partial charge >= 0.3 is 5.97 Å². The number of carbonyl (C=O) groups is 1. The lowest BCUT2D eigenvalue weighted by Crippen LogP contribution is -2.06. The monoisotopic (exact) mass is 226 g/mol. The molecule has 1 aliphatic heterocycles. The normalized spacial score (nSPS) is 18.9. The first-order valence-corrected chi connectivity index (χ1v) is 6.28. The van der Waals surface area contributed by atoms with E-state index in [0.29, 0.717) is 6.61 Å². The number of epoxide rings is 1. The van der Waals surface area contributed by atoms with Crippen molar-refractivity contribution in [1.82, 2.24) is 0 Å². The van der Waals surface area contributed by atoms with Gasteiger partial charge in [-0.05, 0) is 12.8 Å². The Hall–Kier alpha value is -0.830. The van der Waals surface area contributed by atoms with Crippen molar-refractivity contribution in [2.24, 2.45) is 0 Å². The third kappa shape index (κ3) is 7.46. The van der Waals surface area contributed by atoms with Gasteiger partial charge < -0.3 is 9.47 Å². The third-order valence-electron chi connectivity index (χ3n) is 2.54. The molecule has 1 unspecified atom stereocenters. The second-order valence-corrected chi connectivity index (χ2v) is 4.19. The molecule has 92 valence electrons. The van der Waals surface area contributed by atoms with Crippen LogP contribution >= 0.6 is 0 Å². The van der Waals surface area contributed by atoms with Crippen molar-refractivity contribution in [2.75, 3.05) is 13.2 Å². The highest BCUT2D eigenvalue weighted by atomic mass is 16.6. The number of hydrogen-bond acceptors (Lipinski definition) is 3. The molecule has 1 rings (SSSR count). The summed E-state index contributed by atoms with van der Waals surface area (Å²) in [7, 11) is 0. The van der Waals surface area contributed by atoms with Crippen LogP contribution in [0.5, 0.6) is 0 Å². The predicted molar refractivity (Wildman–Crippen MR) is 63.2 cm³/mol. The molecule has 0 spiro atoms. The first-order chi connectivity index (χ1) is 7.83. The van der Waals surface area contributed by atoms with E-state index in [-0.39, 0.29) is 12.1 Å². The summed E-state index contributed by atoms with van der Waals surface area (Å²) in [4.78, 5) is 11.1. The Morgan fingerprint density at radius 1 is 1.38 bits per heavy atom. The van der Waals surface area contributed by atoms with Gasteiger partial charge in [0, 0.05) is 6.08 Å². The molecule has 0 aromatic rings. The van der Waals surface area contributed by atoms with Crippen LogP contribution in [0, 0.1) is 0 Å². The number of allylic oxidation sites excluding steroid dienone is 1. The Morgan fingerprint density at radius 2 is 2.12 bits per heavy atom. The quantitative estimate of drug-likeness (QED) is 0.263. The number of ether oxygens (including phenoxy) is 2. The Labute approximate surface area is 97.8 Å². The van der Waals surface area contributed by atoms with Gasteiger partial charge in [-0.3, -0.25) is 0 Å². The number of esters is 1. The lowest BCUT2D eigenvalue weighted by molar-refractivity contribution is -0.138. The van der Waals surface area contributed by atoms with Crippen molar-refractivity contribution in [3.8, 4) is 0 Å². The van der Waals surface area contributed by atoms with Crippen LogP contribution in [0.15, 0.2) is 12.2 Å². The second kappa shape index (κ2) is 8.34. The minimum absolute atomic E-state index is 0.159. The number of carbonyl (C=O) groups excluding carboxylic acids is 1. The smallest absolute Gasteiger partial charge is 0.330 e. The van der Waals surface area contributed by atoms with Crippen LogP contribution in [0.4, 0.5) is 0 Å². The standard InChI is InChI=1S/C13H22O3/c1-2-3-4-5-6-7-8-9-13(14)16-11-12-10-15-12/h8-9,12H,2-7,10-11H2,1H3. The van der Waals surface area contributed by atoms with Crippen LogP contribution in [0.1, 0.15) is 45.4 Å². The molecule has 1 saturated heterocycles. The molecule has 16 heavy (non-hydrogen) atoms. The summed E-state index contributed by atoms with van der Waals surface area (Å²) in [5, 5.41) is 0. The third-order valence-corrected chi connectivity index (χ3v) is 2.54. The highest BCUT2D eigenvalue weighted by molar-refractivity contribution is 5.81. The van der Waals surface area contributed by atoms with Crippen molar-refractivity contribution in [1.29, 1.82) is 0 Å². The highest BCUT2D eigenvalue weighted by Crippen LogP contribution is 2.09. The fourth-order valence-corrected chi connectivity index (χ4v) is 1.43. The highest BCUT2D eigenvalue weighted by Gasteiger charge is 2.23. The van der Waals surface area contributed by atoms with E-state index < -0.39 is 0 Å².